The minimum atomic E-state index is -2.21. The fraction of sp³-hybridized carbons (Fsp3) is 0.800. The predicted molar refractivity (Wildman–Crippen MR) is 29.0 cm³/mol. The van der Waals surface area contributed by atoms with E-state index in [0.717, 1.165) is 0 Å². The maximum absolute atomic E-state index is 10.0. The van der Waals surface area contributed by atoms with Gasteiger partial charge >= 0.3 is 0 Å². The van der Waals surface area contributed by atoms with E-state index in [2.05, 4.69) is 4.74 Å². The summed E-state index contributed by atoms with van der Waals surface area (Å²) in [5.74, 6) is -2.21. The minimum Gasteiger partial charge on any atom is -0.388 e. The van der Waals surface area contributed by atoms with E-state index >= 15 is 0 Å². The Labute approximate surface area is 56.9 Å². The molecule has 0 aromatic rings. The quantitative estimate of drug-likeness (QED) is 0.362. The SMILES string of the molecule is O=C[C@]1(O)OC[C@H](O)[C@H]1O. The second kappa shape index (κ2) is 2.28. The van der Waals surface area contributed by atoms with Crippen LogP contribution in [0.2, 0.25) is 0 Å². The standard InChI is InChI=1S/C5H8O5/c6-2-5(9)4(8)3(7)1-10-5/h2-4,7-9H,1H2/t3-,4+,5-/m0/s1. The molecule has 5 heteroatoms. The highest BCUT2D eigenvalue weighted by molar-refractivity contribution is 5.61. The molecule has 0 spiro atoms. The van der Waals surface area contributed by atoms with E-state index in [1.54, 1.807) is 0 Å². The van der Waals surface area contributed by atoms with Crippen LogP contribution in [0.15, 0.2) is 0 Å². The summed E-state index contributed by atoms with van der Waals surface area (Å²) < 4.78 is 4.40. The van der Waals surface area contributed by atoms with E-state index in [1.165, 1.54) is 0 Å². The lowest BCUT2D eigenvalue weighted by Crippen LogP contribution is -2.44. The molecule has 1 aliphatic rings. The van der Waals surface area contributed by atoms with Crippen LogP contribution >= 0.6 is 0 Å². The number of hydrogen-bond donors (Lipinski definition) is 3. The highest BCUT2D eigenvalue weighted by atomic mass is 16.7. The molecule has 58 valence electrons. The second-order valence-corrected chi connectivity index (χ2v) is 2.19. The normalized spacial score (nSPS) is 47.5. The van der Waals surface area contributed by atoms with E-state index in [1.807, 2.05) is 0 Å². The third-order valence-corrected chi connectivity index (χ3v) is 1.44. The monoisotopic (exact) mass is 148 g/mol. The second-order valence-electron chi connectivity index (χ2n) is 2.19. The molecular weight excluding hydrogens is 140 g/mol. The smallest absolute Gasteiger partial charge is 0.253 e. The van der Waals surface area contributed by atoms with Gasteiger partial charge in [0.15, 0.2) is 6.29 Å². The average molecular weight is 148 g/mol. The van der Waals surface area contributed by atoms with Gasteiger partial charge in [-0.15, -0.1) is 0 Å². The van der Waals surface area contributed by atoms with Crippen LogP contribution in [-0.4, -0.2) is 46.2 Å². The molecule has 1 fully saturated rings. The molecule has 0 bridgehead atoms. The van der Waals surface area contributed by atoms with Crippen LogP contribution in [0, 0.1) is 0 Å². The van der Waals surface area contributed by atoms with Crippen molar-refractivity contribution < 1.29 is 24.9 Å². The van der Waals surface area contributed by atoms with Crippen molar-refractivity contribution in [2.75, 3.05) is 6.61 Å². The molecule has 3 atom stereocenters. The molecule has 1 saturated heterocycles. The number of aldehydes is 1. The molecule has 3 N–H and O–H groups in total. The maximum atomic E-state index is 10.0. The van der Waals surface area contributed by atoms with E-state index in [4.69, 9.17) is 15.3 Å². The Kier molecular flexibility index (Phi) is 1.74. The van der Waals surface area contributed by atoms with Gasteiger partial charge in [-0.3, -0.25) is 4.79 Å². The van der Waals surface area contributed by atoms with Crippen molar-refractivity contribution >= 4 is 6.29 Å². The van der Waals surface area contributed by atoms with Crippen molar-refractivity contribution in [1.82, 2.24) is 0 Å². The lowest BCUT2D eigenvalue weighted by atomic mass is 10.1. The Morgan fingerprint density at radius 1 is 1.60 bits per heavy atom. The largest absolute Gasteiger partial charge is 0.388 e. The molecule has 0 aromatic heterocycles. The van der Waals surface area contributed by atoms with Crippen molar-refractivity contribution in [3.05, 3.63) is 0 Å². The first kappa shape index (κ1) is 7.62. The number of carbonyl (C=O) groups excluding carboxylic acids is 1. The average Bonchev–Trinajstić information content (AvgIpc) is 2.19. The highest BCUT2D eigenvalue weighted by Gasteiger charge is 2.47. The van der Waals surface area contributed by atoms with Crippen LogP contribution < -0.4 is 0 Å². The fourth-order valence-electron chi connectivity index (χ4n) is 0.775. The van der Waals surface area contributed by atoms with Gasteiger partial charge < -0.3 is 20.1 Å². The van der Waals surface area contributed by atoms with Crippen molar-refractivity contribution in [3.63, 3.8) is 0 Å². The zero-order valence-electron chi connectivity index (χ0n) is 5.10. The summed E-state index contributed by atoms with van der Waals surface area (Å²) >= 11 is 0. The molecule has 0 saturated carbocycles. The van der Waals surface area contributed by atoms with Gasteiger partial charge in [-0.2, -0.15) is 0 Å². The van der Waals surface area contributed by atoms with Crippen molar-refractivity contribution in [3.8, 4) is 0 Å². The first-order valence-corrected chi connectivity index (χ1v) is 2.79. The van der Waals surface area contributed by atoms with Gasteiger partial charge in [-0.25, -0.2) is 0 Å². The minimum absolute atomic E-state index is 0.0634. The predicted octanol–water partition coefficient (Wildman–Crippen LogP) is -2.37. The van der Waals surface area contributed by atoms with E-state index in [-0.39, 0.29) is 12.9 Å². The van der Waals surface area contributed by atoms with Gasteiger partial charge in [0, 0.05) is 0 Å². The molecule has 10 heavy (non-hydrogen) atoms. The van der Waals surface area contributed by atoms with Crippen molar-refractivity contribution in [1.29, 1.82) is 0 Å². The van der Waals surface area contributed by atoms with Gasteiger partial charge in [0.1, 0.15) is 12.2 Å². The Balaban J connectivity index is 2.73. The van der Waals surface area contributed by atoms with Gasteiger partial charge in [0.05, 0.1) is 6.61 Å². The Morgan fingerprint density at radius 3 is 2.40 bits per heavy atom. The lowest BCUT2D eigenvalue weighted by Gasteiger charge is -2.17. The van der Waals surface area contributed by atoms with Crippen molar-refractivity contribution in [2.24, 2.45) is 0 Å². The van der Waals surface area contributed by atoms with Gasteiger partial charge in [0.25, 0.3) is 5.79 Å². The van der Waals surface area contributed by atoms with E-state index < -0.39 is 18.0 Å². The van der Waals surface area contributed by atoms with Crippen LogP contribution in [0.4, 0.5) is 0 Å². The summed E-state index contributed by atoms with van der Waals surface area (Å²) in [5.41, 5.74) is 0. The number of rotatable bonds is 1. The summed E-state index contributed by atoms with van der Waals surface area (Å²) in [7, 11) is 0. The summed E-state index contributed by atoms with van der Waals surface area (Å²) in [5, 5.41) is 26.6. The maximum Gasteiger partial charge on any atom is 0.253 e. The molecule has 0 radical (unpaired) electrons. The third kappa shape index (κ3) is 0.929. The number of ether oxygens (including phenoxy) is 1. The highest BCUT2D eigenvalue weighted by Crippen LogP contribution is 2.21. The summed E-state index contributed by atoms with van der Waals surface area (Å²) in [6, 6.07) is 0. The number of carbonyl (C=O) groups is 1. The number of hydrogen-bond acceptors (Lipinski definition) is 5. The summed E-state index contributed by atoms with van der Waals surface area (Å²) in [6.45, 7) is -0.226. The Bertz CT molecular complexity index is 147. The summed E-state index contributed by atoms with van der Waals surface area (Å²) in [6.07, 6.45) is -2.66. The van der Waals surface area contributed by atoms with Crippen LogP contribution in [0.5, 0.6) is 0 Å². The molecule has 0 aromatic carbocycles. The zero-order chi connectivity index (χ0) is 7.78. The Morgan fingerprint density at radius 2 is 2.20 bits per heavy atom. The first-order valence-electron chi connectivity index (χ1n) is 2.79. The zero-order valence-corrected chi connectivity index (χ0v) is 5.10. The van der Waals surface area contributed by atoms with Crippen LogP contribution in [-0.2, 0) is 9.53 Å². The Hall–Kier alpha value is -0.490. The lowest BCUT2D eigenvalue weighted by molar-refractivity contribution is -0.201. The molecule has 1 aliphatic heterocycles. The van der Waals surface area contributed by atoms with Crippen LogP contribution in [0.3, 0.4) is 0 Å². The molecular formula is C5H8O5. The summed E-state index contributed by atoms with van der Waals surface area (Å²) in [4.78, 5) is 10.0. The van der Waals surface area contributed by atoms with Crippen molar-refractivity contribution in [2.45, 2.75) is 18.0 Å². The van der Waals surface area contributed by atoms with E-state index in [9.17, 15) is 4.79 Å². The molecule has 5 nitrogen and oxygen atoms in total. The van der Waals surface area contributed by atoms with Gasteiger partial charge in [-0.05, 0) is 0 Å². The molecule has 1 rings (SSSR count). The molecule has 0 unspecified atom stereocenters. The van der Waals surface area contributed by atoms with Gasteiger partial charge in [-0.1, -0.05) is 0 Å². The molecule has 1 heterocycles. The first-order chi connectivity index (χ1) is 4.60. The van der Waals surface area contributed by atoms with Crippen LogP contribution in [0.1, 0.15) is 0 Å². The van der Waals surface area contributed by atoms with Gasteiger partial charge in [0.2, 0.25) is 0 Å². The third-order valence-electron chi connectivity index (χ3n) is 1.44. The number of aliphatic hydroxyl groups excluding tert-OH is 2. The molecule has 0 amide bonds. The molecule has 0 aliphatic carbocycles. The topological polar surface area (TPSA) is 87.0 Å². The fourth-order valence-corrected chi connectivity index (χ4v) is 0.775. The van der Waals surface area contributed by atoms with Crippen LogP contribution in [0.25, 0.3) is 0 Å². The number of aliphatic hydroxyl groups is 3. The van der Waals surface area contributed by atoms with E-state index in [0.29, 0.717) is 0 Å².